The minimum absolute atomic E-state index is 0.0621. The van der Waals surface area contributed by atoms with E-state index >= 15 is 0 Å². The Morgan fingerprint density at radius 1 is 1.11 bits per heavy atom. The molecule has 0 amide bonds. The number of ether oxygens (including phenoxy) is 1. The van der Waals surface area contributed by atoms with Crippen molar-refractivity contribution < 1.29 is 35.1 Å². The molecule has 37 heavy (non-hydrogen) atoms. The Hall–Kier alpha value is -2.03. The first-order chi connectivity index (χ1) is 17.3. The number of hydrogen-bond acceptors (Lipinski definition) is 7. The Bertz CT molecular complexity index is 1110. The molecule has 1 aromatic rings. The molecule has 7 nitrogen and oxygen atoms in total. The van der Waals surface area contributed by atoms with Crippen LogP contribution in [0.3, 0.4) is 0 Å². The van der Waals surface area contributed by atoms with Crippen LogP contribution in [0.15, 0.2) is 48.1 Å². The monoisotopic (exact) mass is 512 g/mol. The van der Waals surface area contributed by atoms with Crippen molar-refractivity contribution in [1.29, 1.82) is 0 Å². The summed E-state index contributed by atoms with van der Waals surface area (Å²) in [4.78, 5) is 13.1. The van der Waals surface area contributed by atoms with Gasteiger partial charge in [-0.25, -0.2) is 4.79 Å². The van der Waals surface area contributed by atoms with Crippen LogP contribution in [-0.4, -0.2) is 66.6 Å². The van der Waals surface area contributed by atoms with Gasteiger partial charge >= 0.3 is 5.97 Å². The average molecular weight is 513 g/mol. The number of carbonyl (C=O) groups is 1. The quantitative estimate of drug-likeness (QED) is 0.238. The molecule has 9 unspecified atom stereocenters. The lowest BCUT2D eigenvalue weighted by molar-refractivity contribution is -0.326. The second-order valence-corrected chi connectivity index (χ2v) is 12.3. The molecule has 0 aromatic heterocycles. The Balaban J connectivity index is 1.57. The Kier molecular flexibility index (Phi) is 6.28. The lowest BCUT2D eigenvalue weighted by Crippen LogP contribution is -2.78. The van der Waals surface area contributed by atoms with Gasteiger partial charge in [0.25, 0.3) is 0 Å². The van der Waals surface area contributed by atoms with Crippen LogP contribution in [0.25, 0.3) is 6.08 Å². The summed E-state index contributed by atoms with van der Waals surface area (Å²) >= 11 is 0. The first-order valence-corrected chi connectivity index (χ1v) is 13.5. The van der Waals surface area contributed by atoms with Gasteiger partial charge in [-0.1, -0.05) is 55.8 Å². The van der Waals surface area contributed by atoms with Gasteiger partial charge in [0.1, 0.15) is 22.9 Å². The van der Waals surface area contributed by atoms with Crippen molar-refractivity contribution in [1.82, 2.24) is 0 Å². The fraction of sp³-hybridized carbons (Fsp3) is 0.633. The largest absolute Gasteiger partial charge is 0.458 e. The number of benzene rings is 1. The fourth-order valence-corrected chi connectivity index (χ4v) is 8.42. The molecule has 0 heterocycles. The molecule has 0 aliphatic heterocycles. The molecule has 0 bridgehead atoms. The SMILES string of the molecule is CC(O)C1(O)CCC2(O)C3(O)CC=C4CC(O)CCC4(C)C3CC(OC(=O)C=Cc3ccccc3)C12C. The van der Waals surface area contributed by atoms with Gasteiger partial charge in [0.15, 0.2) is 0 Å². The van der Waals surface area contributed by atoms with E-state index < -0.39 is 57.8 Å². The molecular formula is C30H40O7. The summed E-state index contributed by atoms with van der Waals surface area (Å²) in [5.41, 5.74) is -5.31. The van der Waals surface area contributed by atoms with Gasteiger partial charge in [-0.05, 0) is 68.9 Å². The smallest absolute Gasteiger partial charge is 0.331 e. The third-order valence-electron chi connectivity index (χ3n) is 10.8. The summed E-state index contributed by atoms with van der Waals surface area (Å²) in [7, 11) is 0. The van der Waals surface area contributed by atoms with Crippen molar-refractivity contribution in [2.75, 3.05) is 0 Å². The van der Waals surface area contributed by atoms with Gasteiger partial charge < -0.3 is 30.3 Å². The number of rotatable bonds is 4. The lowest BCUT2D eigenvalue weighted by atomic mass is 9.42. The number of fused-ring (bicyclic) bond motifs is 5. The lowest BCUT2D eigenvalue weighted by Gasteiger charge is -2.67. The van der Waals surface area contributed by atoms with E-state index in [4.69, 9.17) is 4.74 Å². The summed E-state index contributed by atoms with van der Waals surface area (Å²) in [6, 6.07) is 9.34. The van der Waals surface area contributed by atoms with Crippen LogP contribution < -0.4 is 0 Å². The molecule has 1 aromatic carbocycles. The summed E-state index contributed by atoms with van der Waals surface area (Å²) in [5.74, 6) is -1.07. The van der Waals surface area contributed by atoms with E-state index in [1.807, 2.05) is 36.4 Å². The van der Waals surface area contributed by atoms with E-state index in [9.17, 15) is 30.3 Å². The van der Waals surface area contributed by atoms with Crippen LogP contribution in [0, 0.1) is 16.7 Å². The Morgan fingerprint density at radius 2 is 1.81 bits per heavy atom. The molecule has 4 aliphatic carbocycles. The van der Waals surface area contributed by atoms with Crippen molar-refractivity contribution in [3.8, 4) is 0 Å². The normalized spacial score (nSPS) is 45.9. The first-order valence-electron chi connectivity index (χ1n) is 13.5. The summed E-state index contributed by atoms with van der Waals surface area (Å²) in [6.07, 6.45) is 4.57. The second kappa shape index (κ2) is 8.75. The van der Waals surface area contributed by atoms with Gasteiger partial charge in [-0.2, -0.15) is 0 Å². The Labute approximate surface area is 218 Å². The number of carbonyl (C=O) groups excluding carboxylic acids is 1. The zero-order valence-electron chi connectivity index (χ0n) is 21.9. The molecule has 202 valence electrons. The molecular weight excluding hydrogens is 472 g/mol. The average Bonchev–Trinajstić information content (AvgIpc) is 3.10. The van der Waals surface area contributed by atoms with Crippen molar-refractivity contribution in [2.45, 2.75) is 101 Å². The van der Waals surface area contributed by atoms with E-state index in [-0.39, 0.29) is 25.7 Å². The zero-order chi connectivity index (χ0) is 26.9. The summed E-state index contributed by atoms with van der Waals surface area (Å²) < 4.78 is 6.04. The van der Waals surface area contributed by atoms with Crippen molar-refractivity contribution in [3.63, 3.8) is 0 Å². The highest BCUT2D eigenvalue weighted by atomic mass is 16.5. The number of hydrogen-bond donors (Lipinski definition) is 5. The molecule has 3 saturated carbocycles. The van der Waals surface area contributed by atoms with Crippen LogP contribution in [0.2, 0.25) is 0 Å². The van der Waals surface area contributed by atoms with Crippen LogP contribution in [0.4, 0.5) is 0 Å². The maximum absolute atomic E-state index is 13.1. The predicted octanol–water partition coefficient (Wildman–Crippen LogP) is 2.89. The highest BCUT2D eigenvalue weighted by molar-refractivity contribution is 5.87. The molecule has 0 saturated heterocycles. The predicted molar refractivity (Wildman–Crippen MR) is 138 cm³/mol. The maximum atomic E-state index is 13.1. The zero-order valence-corrected chi connectivity index (χ0v) is 21.9. The minimum atomic E-state index is -1.82. The van der Waals surface area contributed by atoms with E-state index in [2.05, 4.69) is 6.92 Å². The van der Waals surface area contributed by atoms with Gasteiger partial charge in [-0.3, -0.25) is 0 Å². The fourth-order valence-electron chi connectivity index (χ4n) is 8.42. The number of esters is 1. The molecule has 0 radical (unpaired) electrons. The second-order valence-electron chi connectivity index (χ2n) is 12.3. The van der Waals surface area contributed by atoms with E-state index in [0.29, 0.717) is 19.3 Å². The minimum Gasteiger partial charge on any atom is -0.458 e. The van der Waals surface area contributed by atoms with Crippen molar-refractivity contribution >= 4 is 12.0 Å². The van der Waals surface area contributed by atoms with Crippen molar-refractivity contribution in [2.24, 2.45) is 16.7 Å². The highest BCUT2D eigenvalue weighted by Crippen LogP contribution is 2.71. The molecule has 5 rings (SSSR count). The third kappa shape index (κ3) is 3.54. The topological polar surface area (TPSA) is 127 Å². The molecule has 3 fully saturated rings. The molecule has 9 atom stereocenters. The molecule has 7 heteroatoms. The molecule has 4 aliphatic rings. The van der Waals surface area contributed by atoms with Gasteiger partial charge in [-0.15, -0.1) is 0 Å². The van der Waals surface area contributed by atoms with Crippen LogP contribution in [0.1, 0.15) is 71.3 Å². The number of aliphatic hydroxyl groups is 5. The van der Waals surface area contributed by atoms with Gasteiger partial charge in [0.2, 0.25) is 0 Å². The standard InChI is InChI=1S/C30H40O7/c1-19(31)28(34)15-16-30(36)27(28,3)24(37-25(33)10-9-20-7-5-4-6-8-20)18-23-26(2)13-12-22(32)17-21(26)11-14-29(23,30)35/h4-11,19,22-24,31-32,34-36H,12-18H2,1-3H3. The van der Waals surface area contributed by atoms with Crippen LogP contribution >= 0.6 is 0 Å². The molecule has 5 N–H and O–H groups in total. The Morgan fingerprint density at radius 3 is 2.49 bits per heavy atom. The summed E-state index contributed by atoms with van der Waals surface area (Å²) in [5, 5.41) is 57.7. The summed E-state index contributed by atoms with van der Waals surface area (Å²) in [6.45, 7) is 5.19. The highest BCUT2D eigenvalue weighted by Gasteiger charge is 2.81. The molecule has 0 spiro atoms. The van der Waals surface area contributed by atoms with E-state index in [1.54, 1.807) is 13.0 Å². The maximum Gasteiger partial charge on any atom is 0.331 e. The first kappa shape index (κ1) is 26.6. The van der Waals surface area contributed by atoms with E-state index in [0.717, 1.165) is 11.1 Å². The third-order valence-corrected chi connectivity index (χ3v) is 10.8. The van der Waals surface area contributed by atoms with Crippen LogP contribution in [0.5, 0.6) is 0 Å². The van der Waals surface area contributed by atoms with Gasteiger partial charge in [0.05, 0.1) is 17.6 Å². The van der Waals surface area contributed by atoms with E-state index in [1.165, 1.54) is 13.0 Å². The van der Waals surface area contributed by atoms with Crippen molar-refractivity contribution in [3.05, 3.63) is 53.6 Å². The number of aliphatic hydroxyl groups excluding tert-OH is 2. The van der Waals surface area contributed by atoms with Crippen LogP contribution in [-0.2, 0) is 9.53 Å². The van der Waals surface area contributed by atoms with Gasteiger partial charge in [0, 0.05) is 12.0 Å².